The summed E-state index contributed by atoms with van der Waals surface area (Å²) in [6.07, 6.45) is -1.30. The molecule has 1 aliphatic rings. The Morgan fingerprint density at radius 2 is 1.89 bits per heavy atom. The van der Waals surface area contributed by atoms with E-state index in [1.165, 1.54) is 23.2 Å². The Kier molecular flexibility index (Phi) is 4.38. The highest BCUT2D eigenvalue weighted by molar-refractivity contribution is 6.29. The molecule has 0 radical (unpaired) electrons. The maximum atomic E-state index is 13.2. The molecular formula is C19H14ClF3N4O. The summed E-state index contributed by atoms with van der Waals surface area (Å²) in [4.78, 5) is 18.6. The second-order valence-corrected chi connectivity index (χ2v) is 6.92. The third-order valence-electron chi connectivity index (χ3n) is 4.65. The third-order valence-corrected chi connectivity index (χ3v) is 4.86. The van der Waals surface area contributed by atoms with Crippen molar-refractivity contribution >= 4 is 23.2 Å². The number of halogens is 4. The van der Waals surface area contributed by atoms with Gasteiger partial charge in [-0.1, -0.05) is 11.6 Å². The number of carbonyl (C=O) groups is 1. The van der Waals surface area contributed by atoms with E-state index >= 15 is 0 Å². The number of hydrogen-bond donors (Lipinski definition) is 0. The van der Waals surface area contributed by atoms with Crippen LogP contribution in [-0.4, -0.2) is 27.2 Å². The van der Waals surface area contributed by atoms with Crippen molar-refractivity contribution in [2.75, 3.05) is 11.4 Å². The molecule has 0 fully saturated rings. The summed E-state index contributed by atoms with van der Waals surface area (Å²) < 4.78 is 40.1. The Bertz CT molecular complexity index is 1050. The number of pyridine rings is 1. The number of anilines is 1. The Morgan fingerprint density at radius 1 is 1.18 bits per heavy atom. The number of carbonyl (C=O) groups excluding carboxylic acids is 1. The predicted molar refractivity (Wildman–Crippen MR) is 98.3 cm³/mol. The van der Waals surface area contributed by atoms with Gasteiger partial charge in [0, 0.05) is 24.0 Å². The number of benzene rings is 1. The van der Waals surface area contributed by atoms with E-state index in [1.807, 2.05) is 6.92 Å². The van der Waals surface area contributed by atoms with Gasteiger partial charge in [-0.3, -0.25) is 9.48 Å². The van der Waals surface area contributed by atoms with Crippen molar-refractivity contribution in [1.82, 2.24) is 14.8 Å². The molecule has 3 heterocycles. The van der Waals surface area contributed by atoms with E-state index in [1.54, 1.807) is 23.0 Å². The van der Waals surface area contributed by atoms with Crippen molar-refractivity contribution in [1.29, 1.82) is 0 Å². The van der Waals surface area contributed by atoms with Gasteiger partial charge in [-0.2, -0.15) is 18.3 Å². The van der Waals surface area contributed by atoms with Crippen molar-refractivity contribution in [3.05, 3.63) is 65.2 Å². The summed E-state index contributed by atoms with van der Waals surface area (Å²) in [5.41, 5.74) is 1.29. The normalized spacial score (nSPS) is 17.0. The summed E-state index contributed by atoms with van der Waals surface area (Å²) in [5, 5.41) is 4.61. The molecule has 1 amide bonds. The van der Waals surface area contributed by atoms with Gasteiger partial charge < -0.3 is 4.90 Å². The highest BCUT2D eigenvalue weighted by Crippen LogP contribution is 2.35. The largest absolute Gasteiger partial charge is 0.416 e. The molecule has 4 rings (SSSR count). The molecule has 0 saturated carbocycles. The fourth-order valence-corrected chi connectivity index (χ4v) is 3.47. The summed E-state index contributed by atoms with van der Waals surface area (Å²) in [5.74, 6) is -0.335. The lowest BCUT2D eigenvalue weighted by molar-refractivity contribution is -0.137. The molecule has 0 N–H and O–H groups in total. The molecule has 2 aromatic heterocycles. The van der Waals surface area contributed by atoms with Gasteiger partial charge in [0.2, 0.25) is 0 Å². The number of aromatic nitrogens is 3. The molecule has 1 atom stereocenters. The van der Waals surface area contributed by atoms with Crippen LogP contribution in [-0.2, 0) is 6.18 Å². The smallest absolute Gasteiger partial charge is 0.305 e. The van der Waals surface area contributed by atoms with Gasteiger partial charge >= 0.3 is 6.18 Å². The summed E-state index contributed by atoms with van der Waals surface area (Å²) in [6, 6.07) is 7.77. The first kappa shape index (κ1) is 18.5. The summed E-state index contributed by atoms with van der Waals surface area (Å²) in [7, 11) is 0. The Hall–Kier alpha value is -2.87. The van der Waals surface area contributed by atoms with E-state index in [-0.39, 0.29) is 17.1 Å². The Morgan fingerprint density at radius 3 is 2.54 bits per heavy atom. The minimum atomic E-state index is -4.43. The lowest BCUT2D eigenvalue weighted by atomic mass is 10.0. The Balaban J connectivity index is 1.75. The van der Waals surface area contributed by atoms with Crippen LogP contribution in [0.5, 0.6) is 0 Å². The standard InChI is InChI=1S/C19H14ClF3N4O/c1-11-10-26(14-4-2-13(3-5-14)19(21,22)23)18(28)17-15(9-25-27(11)17)12-6-7-24-16(20)8-12/h2-9,11H,10H2,1H3/t11-/m0/s1. The van der Waals surface area contributed by atoms with Gasteiger partial charge in [-0.25, -0.2) is 4.98 Å². The molecule has 9 heteroatoms. The summed E-state index contributed by atoms with van der Waals surface area (Å²) >= 11 is 5.96. The molecule has 0 bridgehead atoms. The second kappa shape index (κ2) is 6.63. The Labute approximate surface area is 163 Å². The first-order valence-electron chi connectivity index (χ1n) is 8.44. The fraction of sp³-hybridized carbons (Fsp3) is 0.211. The quantitative estimate of drug-likeness (QED) is 0.572. The van der Waals surface area contributed by atoms with Crippen molar-refractivity contribution in [3.8, 4) is 11.1 Å². The second-order valence-electron chi connectivity index (χ2n) is 6.53. The number of hydrogen-bond acceptors (Lipinski definition) is 3. The van der Waals surface area contributed by atoms with E-state index in [4.69, 9.17) is 11.6 Å². The third kappa shape index (κ3) is 3.13. The molecule has 1 aliphatic heterocycles. The topological polar surface area (TPSA) is 51.0 Å². The maximum Gasteiger partial charge on any atom is 0.416 e. The molecule has 0 unspecified atom stereocenters. The maximum absolute atomic E-state index is 13.2. The van der Waals surface area contributed by atoms with Crippen molar-refractivity contribution in [2.45, 2.75) is 19.1 Å². The molecule has 1 aromatic carbocycles. The van der Waals surface area contributed by atoms with Crippen molar-refractivity contribution < 1.29 is 18.0 Å². The predicted octanol–water partition coefficient (Wildman–Crippen LogP) is 4.84. The zero-order valence-electron chi connectivity index (χ0n) is 14.6. The van der Waals surface area contributed by atoms with Crippen molar-refractivity contribution in [3.63, 3.8) is 0 Å². The molecule has 5 nitrogen and oxygen atoms in total. The van der Waals surface area contributed by atoms with E-state index < -0.39 is 11.7 Å². The van der Waals surface area contributed by atoms with Crippen LogP contribution in [0.1, 0.15) is 29.0 Å². The van der Waals surface area contributed by atoms with Crippen LogP contribution in [0.2, 0.25) is 5.15 Å². The monoisotopic (exact) mass is 406 g/mol. The van der Waals surface area contributed by atoms with Crippen LogP contribution < -0.4 is 4.90 Å². The van der Waals surface area contributed by atoms with E-state index in [9.17, 15) is 18.0 Å². The van der Waals surface area contributed by atoms with Gasteiger partial charge in [-0.05, 0) is 48.9 Å². The minimum absolute atomic E-state index is 0.152. The van der Waals surface area contributed by atoms with Gasteiger partial charge in [-0.15, -0.1) is 0 Å². The lowest BCUT2D eigenvalue weighted by Gasteiger charge is -2.32. The van der Waals surface area contributed by atoms with Crippen LogP contribution >= 0.6 is 11.6 Å². The lowest BCUT2D eigenvalue weighted by Crippen LogP contribution is -2.42. The number of nitrogens with zero attached hydrogens (tertiary/aromatic N) is 4. The van der Waals surface area contributed by atoms with Gasteiger partial charge in [0.15, 0.2) is 0 Å². The number of alkyl halides is 3. The van der Waals surface area contributed by atoms with Crippen LogP contribution in [0.3, 0.4) is 0 Å². The average molecular weight is 407 g/mol. The zero-order valence-corrected chi connectivity index (χ0v) is 15.4. The number of fused-ring (bicyclic) bond motifs is 1. The molecule has 0 saturated heterocycles. The van der Waals surface area contributed by atoms with E-state index in [2.05, 4.69) is 10.1 Å². The van der Waals surface area contributed by atoms with Crippen LogP contribution in [0.15, 0.2) is 48.8 Å². The van der Waals surface area contributed by atoms with E-state index in [0.29, 0.717) is 29.1 Å². The highest BCUT2D eigenvalue weighted by Gasteiger charge is 2.35. The minimum Gasteiger partial charge on any atom is -0.305 e. The molecule has 0 aliphatic carbocycles. The first-order valence-corrected chi connectivity index (χ1v) is 8.82. The zero-order chi connectivity index (χ0) is 20.1. The van der Waals surface area contributed by atoms with Gasteiger partial charge in [0.1, 0.15) is 10.8 Å². The van der Waals surface area contributed by atoms with E-state index in [0.717, 1.165) is 12.1 Å². The first-order chi connectivity index (χ1) is 13.3. The van der Waals surface area contributed by atoms with Crippen LogP contribution in [0, 0.1) is 0 Å². The average Bonchev–Trinajstić information content (AvgIpc) is 3.10. The SMILES string of the molecule is C[C@H]1CN(c2ccc(C(F)(F)F)cc2)C(=O)c2c(-c3ccnc(Cl)c3)cnn21. The molecule has 0 spiro atoms. The molecule has 28 heavy (non-hydrogen) atoms. The van der Waals surface area contributed by atoms with Gasteiger partial charge in [0.25, 0.3) is 5.91 Å². The van der Waals surface area contributed by atoms with Crippen LogP contribution in [0.25, 0.3) is 11.1 Å². The molecule has 3 aromatic rings. The summed E-state index contributed by atoms with van der Waals surface area (Å²) in [6.45, 7) is 2.19. The molecular weight excluding hydrogens is 393 g/mol. The van der Waals surface area contributed by atoms with Crippen molar-refractivity contribution in [2.24, 2.45) is 0 Å². The van der Waals surface area contributed by atoms with Gasteiger partial charge in [0.05, 0.1) is 17.8 Å². The molecule has 144 valence electrons. The number of amides is 1. The number of rotatable bonds is 2. The highest BCUT2D eigenvalue weighted by atomic mass is 35.5. The fourth-order valence-electron chi connectivity index (χ4n) is 3.30. The van der Waals surface area contributed by atoms with Crippen LogP contribution in [0.4, 0.5) is 18.9 Å².